The molecule has 1 N–H and O–H groups in total. The molecule has 21 heavy (non-hydrogen) atoms. The van der Waals surface area contributed by atoms with Gasteiger partial charge in [-0.3, -0.25) is 4.79 Å². The number of carbonyl (C=O) groups is 1. The quantitative estimate of drug-likeness (QED) is 0.909. The molecule has 1 atom stereocenters. The van der Waals surface area contributed by atoms with Gasteiger partial charge in [-0.25, -0.2) is 8.78 Å². The Bertz CT molecular complexity index is 633. The molecule has 1 aliphatic rings. The van der Waals surface area contributed by atoms with E-state index in [0.717, 1.165) is 36.6 Å². The molecule has 108 valence electrons. The van der Waals surface area contributed by atoms with Crippen molar-refractivity contribution in [2.24, 2.45) is 5.92 Å². The summed E-state index contributed by atoms with van der Waals surface area (Å²) in [6, 6.07) is 12.4. The molecule has 2 aromatic carbocycles. The molecule has 0 heterocycles. The second-order valence-electron chi connectivity index (χ2n) is 5.36. The van der Waals surface area contributed by atoms with Crippen molar-refractivity contribution < 1.29 is 13.6 Å². The number of carbonyl (C=O) groups excluding carboxylic acids is 1. The second-order valence-corrected chi connectivity index (χ2v) is 5.36. The highest BCUT2D eigenvalue weighted by Crippen LogP contribution is 2.41. The first kappa shape index (κ1) is 13.7. The molecule has 1 amide bonds. The summed E-state index contributed by atoms with van der Waals surface area (Å²) in [6.45, 7) is 0. The van der Waals surface area contributed by atoms with Crippen molar-refractivity contribution in [2.45, 2.75) is 18.9 Å². The Kier molecular flexibility index (Phi) is 3.69. The highest BCUT2D eigenvalue weighted by molar-refractivity contribution is 5.94. The Balaban J connectivity index is 1.81. The third-order valence-electron chi connectivity index (χ3n) is 3.66. The van der Waals surface area contributed by atoms with Crippen molar-refractivity contribution in [1.82, 2.24) is 5.32 Å². The van der Waals surface area contributed by atoms with Gasteiger partial charge in [0, 0.05) is 11.6 Å². The lowest BCUT2D eigenvalue weighted by molar-refractivity contribution is 0.0930. The normalized spacial score (nSPS) is 15.5. The zero-order valence-electron chi connectivity index (χ0n) is 11.4. The van der Waals surface area contributed by atoms with Gasteiger partial charge in [-0.1, -0.05) is 30.3 Å². The molecule has 1 fully saturated rings. The molecule has 3 rings (SSSR count). The van der Waals surface area contributed by atoms with Gasteiger partial charge in [-0.15, -0.1) is 0 Å². The zero-order valence-corrected chi connectivity index (χ0v) is 11.4. The van der Waals surface area contributed by atoms with Crippen molar-refractivity contribution in [1.29, 1.82) is 0 Å². The van der Waals surface area contributed by atoms with Gasteiger partial charge in [-0.2, -0.15) is 0 Å². The fourth-order valence-electron chi connectivity index (χ4n) is 2.47. The Morgan fingerprint density at radius 3 is 2.24 bits per heavy atom. The van der Waals surface area contributed by atoms with E-state index >= 15 is 0 Å². The average Bonchev–Trinajstić information content (AvgIpc) is 3.29. The Morgan fingerprint density at radius 1 is 1.05 bits per heavy atom. The molecule has 2 aromatic rings. The van der Waals surface area contributed by atoms with E-state index in [1.807, 2.05) is 30.3 Å². The van der Waals surface area contributed by atoms with Gasteiger partial charge < -0.3 is 5.32 Å². The number of amides is 1. The van der Waals surface area contributed by atoms with Crippen LogP contribution in [0.3, 0.4) is 0 Å². The van der Waals surface area contributed by atoms with Crippen LogP contribution in [0.4, 0.5) is 8.78 Å². The third-order valence-corrected chi connectivity index (χ3v) is 3.66. The smallest absolute Gasteiger partial charge is 0.251 e. The molecule has 0 spiro atoms. The first-order chi connectivity index (χ1) is 10.1. The van der Waals surface area contributed by atoms with E-state index in [-0.39, 0.29) is 11.6 Å². The molecule has 2 nitrogen and oxygen atoms in total. The molecular formula is C17H15F2NO. The number of benzene rings is 2. The predicted octanol–water partition coefficient (Wildman–Crippen LogP) is 3.85. The molecular weight excluding hydrogens is 272 g/mol. The monoisotopic (exact) mass is 287 g/mol. The highest BCUT2D eigenvalue weighted by Gasteiger charge is 2.33. The fourth-order valence-corrected chi connectivity index (χ4v) is 2.47. The summed E-state index contributed by atoms with van der Waals surface area (Å²) in [5.41, 5.74) is 1.03. The van der Waals surface area contributed by atoms with Gasteiger partial charge in [-0.05, 0) is 36.5 Å². The maximum absolute atomic E-state index is 13.2. The Hall–Kier alpha value is -2.23. The van der Waals surface area contributed by atoms with Crippen LogP contribution in [-0.2, 0) is 0 Å². The number of halogens is 2. The highest BCUT2D eigenvalue weighted by atomic mass is 19.1. The summed E-state index contributed by atoms with van der Waals surface area (Å²) in [5.74, 6) is -1.55. The maximum Gasteiger partial charge on any atom is 0.251 e. The minimum Gasteiger partial charge on any atom is -0.345 e. The SMILES string of the molecule is O=C(N[C@@H](c1ccccc1)C1CC1)c1cc(F)cc(F)c1. The molecule has 0 radical (unpaired) electrons. The van der Waals surface area contributed by atoms with E-state index in [4.69, 9.17) is 0 Å². The first-order valence-corrected chi connectivity index (χ1v) is 6.95. The largest absolute Gasteiger partial charge is 0.345 e. The molecule has 0 bridgehead atoms. The molecule has 0 unspecified atom stereocenters. The lowest BCUT2D eigenvalue weighted by Gasteiger charge is -2.19. The topological polar surface area (TPSA) is 29.1 Å². The van der Waals surface area contributed by atoms with E-state index in [2.05, 4.69) is 5.32 Å². The summed E-state index contributed by atoms with van der Waals surface area (Å²) in [5, 5.41) is 2.89. The molecule has 1 aliphatic carbocycles. The second kappa shape index (κ2) is 5.64. The van der Waals surface area contributed by atoms with Crippen molar-refractivity contribution >= 4 is 5.91 Å². The maximum atomic E-state index is 13.2. The molecule has 0 aliphatic heterocycles. The van der Waals surface area contributed by atoms with Crippen molar-refractivity contribution in [3.05, 3.63) is 71.3 Å². The van der Waals surface area contributed by atoms with E-state index < -0.39 is 17.5 Å². The number of rotatable bonds is 4. The van der Waals surface area contributed by atoms with Crippen molar-refractivity contribution in [3.63, 3.8) is 0 Å². The minimum atomic E-state index is -0.747. The Morgan fingerprint density at radius 2 is 1.67 bits per heavy atom. The summed E-state index contributed by atoms with van der Waals surface area (Å²) < 4.78 is 26.4. The predicted molar refractivity (Wildman–Crippen MR) is 75.7 cm³/mol. The average molecular weight is 287 g/mol. The van der Waals surface area contributed by atoms with Gasteiger partial charge in [0.2, 0.25) is 0 Å². The lowest BCUT2D eigenvalue weighted by atomic mass is 10.0. The summed E-state index contributed by atoms with van der Waals surface area (Å²) >= 11 is 0. The van der Waals surface area contributed by atoms with Crippen LogP contribution in [0.5, 0.6) is 0 Å². The van der Waals surface area contributed by atoms with Crippen LogP contribution in [0.2, 0.25) is 0 Å². The molecule has 0 saturated heterocycles. The van der Waals surface area contributed by atoms with Crippen LogP contribution in [0, 0.1) is 17.6 Å². The van der Waals surface area contributed by atoms with Gasteiger partial charge in [0.05, 0.1) is 6.04 Å². The van der Waals surface area contributed by atoms with Crippen molar-refractivity contribution in [3.8, 4) is 0 Å². The van der Waals surface area contributed by atoms with Crippen LogP contribution in [0.25, 0.3) is 0 Å². The van der Waals surface area contributed by atoms with E-state index in [1.54, 1.807) is 0 Å². The number of hydrogen-bond acceptors (Lipinski definition) is 1. The third kappa shape index (κ3) is 3.27. The molecule has 1 saturated carbocycles. The van der Waals surface area contributed by atoms with Crippen LogP contribution in [0.15, 0.2) is 48.5 Å². The van der Waals surface area contributed by atoms with E-state index in [0.29, 0.717) is 5.92 Å². The van der Waals surface area contributed by atoms with Gasteiger partial charge in [0.1, 0.15) is 11.6 Å². The van der Waals surface area contributed by atoms with E-state index in [9.17, 15) is 13.6 Å². The lowest BCUT2D eigenvalue weighted by Crippen LogP contribution is -2.30. The van der Waals surface area contributed by atoms with Gasteiger partial charge in [0.25, 0.3) is 5.91 Å². The summed E-state index contributed by atoms with van der Waals surface area (Å²) in [4.78, 5) is 12.2. The summed E-state index contributed by atoms with van der Waals surface area (Å²) in [6.07, 6.45) is 2.11. The first-order valence-electron chi connectivity index (χ1n) is 6.95. The number of hydrogen-bond donors (Lipinski definition) is 1. The summed E-state index contributed by atoms with van der Waals surface area (Å²) in [7, 11) is 0. The molecule has 0 aromatic heterocycles. The zero-order chi connectivity index (χ0) is 14.8. The fraction of sp³-hybridized carbons (Fsp3) is 0.235. The molecule has 4 heteroatoms. The van der Waals surface area contributed by atoms with Crippen LogP contribution >= 0.6 is 0 Å². The standard InChI is InChI=1S/C17H15F2NO/c18-14-8-13(9-15(19)10-14)17(21)20-16(12-6-7-12)11-4-2-1-3-5-11/h1-5,8-10,12,16H,6-7H2,(H,20,21)/t16-/m0/s1. The Labute approximate surface area is 121 Å². The van der Waals surface area contributed by atoms with Crippen molar-refractivity contribution in [2.75, 3.05) is 0 Å². The van der Waals surface area contributed by atoms with Crippen LogP contribution < -0.4 is 5.32 Å². The number of nitrogens with one attached hydrogen (secondary N) is 1. The van der Waals surface area contributed by atoms with Gasteiger partial charge >= 0.3 is 0 Å². The minimum absolute atomic E-state index is 0.00841. The van der Waals surface area contributed by atoms with Gasteiger partial charge in [0.15, 0.2) is 0 Å². The van der Waals surface area contributed by atoms with Crippen LogP contribution in [-0.4, -0.2) is 5.91 Å². The van der Waals surface area contributed by atoms with Crippen LogP contribution in [0.1, 0.15) is 34.8 Å². The van der Waals surface area contributed by atoms with E-state index in [1.165, 1.54) is 0 Å².